The highest BCUT2D eigenvalue weighted by molar-refractivity contribution is 7.92. The molecule has 1 N–H and O–H groups in total. The van der Waals surface area contributed by atoms with E-state index in [0.29, 0.717) is 35.2 Å². The van der Waals surface area contributed by atoms with Gasteiger partial charge in [0.25, 0.3) is 5.91 Å². The molecule has 1 fully saturated rings. The molecular formula is C25H33N3O5S. The zero-order valence-electron chi connectivity index (χ0n) is 20.0. The van der Waals surface area contributed by atoms with Gasteiger partial charge >= 0.3 is 0 Å². The molecule has 0 saturated carbocycles. The van der Waals surface area contributed by atoms with E-state index in [2.05, 4.69) is 9.62 Å². The number of benzene rings is 2. The third-order valence-corrected chi connectivity index (χ3v) is 7.15. The van der Waals surface area contributed by atoms with Crippen molar-refractivity contribution in [3.05, 3.63) is 53.1 Å². The predicted molar refractivity (Wildman–Crippen MR) is 132 cm³/mol. The quantitative estimate of drug-likeness (QED) is 0.585. The Balaban J connectivity index is 1.31. The van der Waals surface area contributed by atoms with Crippen LogP contribution in [0, 0.1) is 5.92 Å². The fourth-order valence-corrected chi connectivity index (χ4v) is 5.47. The smallest absolute Gasteiger partial charge is 0.254 e. The molecule has 1 amide bonds. The van der Waals surface area contributed by atoms with Gasteiger partial charge in [-0.25, -0.2) is 8.42 Å². The molecule has 2 aliphatic heterocycles. The van der Waals surface area contributed by atoms with E-state index >= 15 is 0 Å². The van der Waals surface area contributed by atoms with Crippen LogP contribution in [0.2, 0.25) is 0 Å². The number of likely N-dealkylation sites (tertiary alicyclic amines) is 1. The van der Waals surface area contributed by atoms with Gasteiger partial charge < -0.3 is 19.3 Å². The summed E-state index contributed by atoms with van der Waals surface area (Å²) in [6.45, 7) is 4.34. The van der Waals surface area contributed by atoms with Crippen molar-refractivity contribution in [1.29, 1.82) is 0 Å². The molecule has 0 bridgehead atoms. The molecular weight excluding hydrogens is 454 g/mol. The van der Waals surface area contributed by atoms with Crippen molar-refractivity contribution < 1.29 is 22.7 Å². The summed E-state index contributed by atoms with van der Waals surface area (Å²) in [6.07, 6.45) is 4.29. The van der Waals surface area contributed by atoms with Gasteiger partial charge in [0.15, 0.2) is 11.5 Å². The largest absolute Gasteiger partial charge is 0.493 e. The number of anilines is 1. The molecule has 2 heterocycles. The fourth-order valence-electron chi connectivity index (χ4n) is 4.90. The van der Waals surface area contributed by atoms with Gasteiger partial charge in [-0.1, -0.05) is 12.1 Å². The third-order valence-electron chi connectivity index (χ3n) is 6.54. The standard InChI is InChI=1S/C25H33N3O5S/c1-32-23-13-20-17-28(25(29)22(20)14-24(23)33-2)16-19-5-4-11-27(15-19)12-10-18-6-8-21(9-7-18)26-34(3,30)31/h6-9,13-14,19,26H,4-5,10-12,15-17H2,1-3H3. The van der Waals surface area contributed by atoms with Crippen LogP contribution in [0.15, 0.2) is 36.4 Å². The van der Waals surface area contributed by atoms with E-state index in [0.717, 1.165) is 57.3 Å². The second-order valence-electron chi connectivity index (χ2n) is 9.18. The van der Waals surface area contributed by atoms with Crippen LogP contribution in [0.3, 0.4) is 0 Å². The molecule has 2 aromatic rings. The van der Waals surface area contributed by atoms with Gasteiger partial charge in [-0.3, -0.25) is 9.52 Å². The Bertz CT molecular complexity index is 1130. The van der Waals surface area contributed by atoms with Crippen LogP contribution in [0.25, 0.3) is 0 Å². The van der Waals surface area contributed by atoms with Crippen LogP contribution in [-0.2, 0) is 23.0 Å². The monoisotopic (exact) mass is 487 g/mol. The van der Waals surface area contributed by atoms with Crippen LogP contribution in [0.1, 0.15) is 34.3 Å². The number of sulfonamides is 1. The van der Waals surface area contributed by atoms with Crippen LogP contribution < -0.4 is 14.2 Å². The number of nitrogens with zero attached hydrogens (tertiary/aromatic N) is 2. The zero-order valence-corrected chi connectivity index (χ0v) is 20.9. The summed E-state index contributed by atoms with van der Waals surface area (Å²) in [4.78, 5) is 17.4. The summed E-state index contributed by atoms with van der Waals surface area (Å²) in [5, 5.41) is 0. The van der Waals surface area contributed by atoms with E-state index in [-0.39, 0.29) is 5.91 Å². The average molecular weight is 488 g/mol. The number of nitrogens with one attached hydrogen (secondary N) is 1. The first kappa shape index (κ1) is 24.3. The van der Waals surface area contributed by atoms with E-state index in [9.17, 15) is 13.2 Å². The fraction of sp³-hybridized carbons (Fsp3) is 0.480. The van der Waals surface area contributed by atoms with Gasteiger partial charge in [0.2, 0.25) is 10.0 Å². The molecule has 1 unspecified atom stereocenters. The number of carbonyl (C=O) groups excluding carboxylic acids is 1. The van der Waals surface area contributed by atoms with Crippen molar-refractivity contribution >= 4 is 21.6 Å². The molecule has 0 spiro atoms. The number of piperidine rings is 1. The number of hydrogen-bond acceptors (Lipinski definition) is 6. The summed E-state index contributed by atoms with van der Waals surface area (Å²) < 4.78 is 36.0. The first-order valence-corrected chi connectivity index (χ1v) is 13.5. The van der Waals surface area contributed by atoms with Crippen molar-refractivity contribution in [2.24, 2.45) is 5.92 Å². The number of fused-ring (bicyclic) bond motifs is 1. The number of amides is 1. The van der Waals surface area contributed by atoms with Crippen molar-refractivity contribution in [2.75, 3.05) is 51.4 Å². The molecule has 184 valence electrons. The van der Waals surface area contributed by atoms with Gasteiger partial charge in [-0.2, -0.15) is 0 Å². The normalized spacial score (nSPS) is 18.6. The Labute approximate surface area is 201 Å². The van der Waals surface area contributed by atoms with Gasteiger partial charge in [0, 0.05) is 37.4 Å². The molecule has 9 heteroatoms. The first-order chi connectivity index (χ1) is 16.3. The Kier molecular flexibility index (Phi) is 7.33. The van der Waals surface area contributed by atoms with Gasteiger partial charge in [0.1, 0.15) is 0 Å². The number of carbonyl (C=O) groups is 1. The molecule has 8 nitrogen and oxygen atoms in total. The van der Waals surface area contributed by atoms with Crippen molar-refractivity contribution in [3.63, 3.8) is 0 Å². The van der Waals surface area contributed by atoms with Crippen LogP contribution in [0.4, 0.5) is 5.69 Å². The lowest BCUT2D eigenvalue weighted by molar-refractivity contribution is 0.0703. The van der Waals surface area contributed by atoms with Crippen molar-refractivity contribution in [3.8, 4) is 11.5 Å². The van der Waals surface area contributed by atoms with E-state index in [4.69, 9.17) is 9.47 Å². The number of hydrogen-bond donors (Lipinski definition) is 1. The lowest BCUT2D eigenvalue weighted by Crippen LogP contribution is -2.41. The second-order valence-corrected chi connectivity index (χ2v) is 10.9. The molecule has 2 aliphatic rings. The maximum atomic E-state index is 13.0. The second kappa shape index (κ2) is 10.2. The highest BCUT2D eigenvalue weighted by Crippen LogP contribution is 2.35. The average Bonchev–Trinajstić information content (AvgIpc) is 3.11. The Morgan fingerprint density at radius 3 is 2.47 bits per heavy atom. The van der Waals surface area contributed by atoms with Gasteiger partial charge in [0.05, 0.1) is 20.5 Å². The maximum Gasteiger partial charge on any atom is 0.254 e. The molecule has 0 radical (unpaired) electrons. The predicted octanol–water partition coefficient (Wildman–Crippen LogP) is 2.99. The van der Waals surface area contributed by atoms with Crippen LogP contribution in [0.5, 0.6) is 11.5 Å². The molecule has 0 aromatic heterocycles. The Hall–Kier alpha value is -2.78. The van der Waals surface area contributed by atoms with E-state index in [1.165, 1.54) is 5.56 Å². The minimum absolute atomic E-state index is 0.0656. The lowest BCUT2D eigenvalue weighted by atomic mass is 9.97. The molecule has 2 aromatic carbocycles. The van der Waals surface area contributed by atoms with E-state index in [1.54, 1.807) is 32.4 Å². The molecule has 1 saturated heterocycles. The summed E-state index contributed by atoms with van der Waals surface area (Å²) in [6, 6.07) is 11.2. The summed E-state index contributed by atoms with van der Waals surface area (Å²) >= 11 is 0. The minimum Gasteiger partial charge on any atom is -0.493 e. The van der Waals surface area contributed by atoms with Crippen LogP contribution >= 0.6 is 0 Å². The molecule has 1 atom stereocenters. The van der Waals surface area contributed by atoms with Crippen LogP contribution in [-0.4, -0.2) is 70.8 Å². The number of rotatable bonds is 9. The minimum atomic E-state index is -3.26. The van der Waals surface area contributed by atoms with E-state index in [1.807, 2.05) is 23.1 Å². The highest BCUT2D eigenvalue weighted by atomic mass is 32.2. The number of ether oxygens (including phenoxy) is 2. The Morgan fingerprint density at radius 2 is 1.79 bits per heavy atom. The highest BCUT2D eigenvalue weighted by Gasteiger charge is 2.32. The SMILES string of the molecule is COc1cc2c(cc1OC)C(=O)N(CC1CCCN(CCc3ccc(NS(C)(=O)=O)cc3)C1)C2. The zero-order chi connectivity index (χ0) is 24.3. The maximum absolute atomic E-state index is 13.0. The van der Waals surface area contributed by atoms with Crippen molar-refractivity contribution in [1.82, 2.24) is 9.80 Å². The summed E-state index contributed by atoms with van der Waals surface area (Å²) in [5.74, 6) is 1.74. The molecule has 34 heavy (non-hydrogen) atoms. The van der Waals surface area contributed by atoms with Gasteiger partial charge in [-0.05, 0) is 67.1 Å². The topological polar surface area (TPSA) is 88.2 Å². The molecule has 0 aliphatic carbocycles. The number of methoxy groups -OCH3 is 2. The summed E-state index contributed by atoms with van der Waals surface area (Å²) in [7, 11) is -0.0732. The van der Waals surface area contributed by atoms with Gasteiger partial charge in [-0.15, -0.1) is 0 Å². The summed E-state index contributed by atoms with van der Waals surface area (Å²) in [5.41, 5.74) is 3.45. The van der Waals surface area contributed by atoms with Crippen molar-refractivity contribution in [2.45, 2.75) is 25.8 Å². The molecule has 4 rings (SSSR count). The lowest BCUT2D eigenvalue weighted by Gasteiger charge is -2.34. The third kappa shape index (κ3) is 5.82. The first-order valence-electron chi connectivity index (χ1n) is 11.6. The Morgan fingerprint density at radius 1 is 1.09 bits per heavy atom. The van der Waals surface area contributed by atoms with E-state index < -0.39 is 10.0 Å².